The predicted molar refractivity (Wildman–Crippen MR) is 123 cm³/mol. The molecule has 4 aromatic rings. The van der Waals surface area contributed by atoms with Crippen molar-refractivity contribution in [2.45, 2.75) is 37.8 Å². The number of aromatic nitrogens is 2. The Labute approximate surface area is 197 Å². The van der Waals surface area contributed by atoms with E-state index in [0.29, 0.717) is 17.9 Å². The molecule has 9 heteroatoms. The summed E-state index contributed by atoms with van der Waals surface area (Å²) in [6.45, 7) is 0.442. The summed E-state index contributed by atoms with van der Waals surface area (Å²) < 4.78 is 44.7. The second kappa shape index (κ2) is 8.79. The van der Waals surface area contributed by atoms with Gasteiger partial charge < -0.3 is 14.8 Å². The van der Waals surface area contributed by atoms with Crippen LogP contribution in [0.3, 0.4) is 0 Å². The van der Waals surface area contributed by atoms with Crippen LogP contribution >= 0.6 is 11.3 Å². The number of aryl methyl sites for hydroxylation is 1. The highest BCUT2D eigenvalue weighted by Gasteiger charge is 2.30. The fraction of sp³-hybridized carbons (Fsp3) is 0.280. The molecule has 2 aromatic heterocycles. The minimum Gasteiger partial charge on any atom is -0.493 e. The molecule has 5 rings (SSSR count). The Kier molecular flexibility index (Phi) is 5.81. The Bertz CT molecular complexity index is 1340. The number of carbonyl (C=O) groups is 1. The van der Waals surface area contributed by atoms with E-state index in [9.17, 15) is 18.0 Å². The van der Waals surface area contributed by atoms with Crippen LogP contribution in [-0.2, 0) is 23.8 Å². The molecule has 0 radical (unpaired) electrons. The molecule has 0 saturated heterocycles. The van der Waals surface area contributed by atoms with Gasteiger partial charge in [0.05, 0.1) is 24.3 Å². The number of thiazole rings is 1. The van der Waals surface area contributed by atoms with E-state index in [1.54, 1.807) is 6.20 Å². The van der Waals surface area contributed by atoms with Gasteiger partial charge in [0.1, 0.15) is 10.8 Å². The predicted octanol–water partition coefficient (Wildman–Crippen LogP) is 6.44. The van der Waals surface area contributed by atoms with Crippen molar-refractivity contribution in [2.24, 2.45) is 0 Å². The van der Waals surface area contributed by atoms with Crippen molar-refractivity contribution in [1.29, 1.82) is 0 Å². The maximum atomic E-state index is 12.9. The quantitative estimate of drug-likeness (QED) is 0.329. The van der Waals surface area contributed by atoms with E-state index in [-0.39, 0.29) is 12.3 Å². The Hall–Kier alpha value is -3.33. The zero-order valence-corrected chi connectivity index (χ0v) is 18.8. The van der Waals surface area contributed by atoms with E-state index in [0.717, 1.165) is 63.4 Å². The van der Waals surface area contributed by atoms with Crippen molar-refractivity contribution < 1.29 is 27.8 Å². The molecule has 0 aliphatic heterocycles. The van der Waals surface area contributed by atoms with Crippen molar-refractivity contribution in [1.82, 2.24) is 9.97 Å². The highest BCUT2D eigenvalue weighted by molar-refractivity contribution is 7.15. The summed E-state index contributed by atoms with van der Waals surface area (Å²) in [4.78, 5) is 20.1. The Morgan fingerprint density at radius 3 is 2.74 bits per heavy atom. The van der Waals surface area contributed by atoms with Crippen LogP contribution in [0.1, 0.15) is 40.5 Å². The molecule has 34 heavy (non-hydrogen) atoms. The van der Waals surface area contributed by atoms with Crippen LogP contribution in [0.25, 0.3) is 21.5 Å². The van der Waals surface area contributed by atoms with Crippen molar-refractivity contribution in [3.63, 3.8) is 0 Å². The SMILES string of the molecule is O=C(O)Cc1c[nH]c2cc(OCC3CCCc4sc(-c5ccc(C(F)(F)F)cc5)nc43)ccc12. The molecule has 176 valence electrons. The lowest BCUT2D eigenvalue weighted by Crippen LogP contribution is -2.16. The fourth-order valence-corrected chi connectivity index (χ4v) is 5.55. The molecule has 2 aromatic carbocycles. The van der Waals surface area contributed by atoms with E-state index in [1.165, 1.54) is 23.5 Å². The van der Waals surface area contributed by atoms with E-state index >= 15 is 0 Å². The Morgan fingerprint density at radius 2 is 2.00 bits per heavy atom. The monoisotopic (exact) mass is 486 g/mol. The summed E-state index contributed by atoms with van der Waals surface area (Å²) in [5.74, 6) is -0.0973. The number of hydrogen-bond acceptors (Lipinski definition) is 4. The second-order valence-electron chi connectivity index (χ2n) is 8.39. The van der Waals surface area contributed by atoms with Gasteiger partial charge in [0.25, 0.3) is 0 Å². The summed E-state index contributed by atoms with van der Waals surface area (Å²) in [7, 11) is 0. The van der Waals surface area contributed by atoms with Crippen LogP contribution in [0.2, 0.25) is 0 Å². The smallest absolute Gasteiger partial charge is 0.416 e. The Morgan fingerprint density at radius 1 is 1.21 bits per heavy atom. The van der Waals surface area contributed by atoms with E-state index < -0.39 is 17.7 Å². The van der Waals surface area contributed by atoms with Gasteiger partial charge in [-0.05, 0) is 49.1 Å². The topological polar surface area (TPSA) is 75.2 Å². The first-order valence-corrected chi connectivity index (χ1v) is 11.7. The van der Waals surface area contributed by atoms with E-state index in [4.69, 9.17) is 14.8 Å². The average Bonchev–Trinajstić information content (AvgIpc) is 3.41. The number of aromatic amines is 1. The van der Waals surface area contributed by atoms with E-state index in [2.05, 4.69) is 4.98 Å². The van der Waals surface area contributed by atoms with Crippen molar-refractivity contribution in [3.8, 4) is 16.3 Å². The van der Waals surface area contributed by atoms with Crippen LogP contribution in [0, 0.1) is 0 Å². The van der Waals surface area contributed by atoms with Crippen LogP contribution in [-0.4, -0.2) is 27.7 Å². The molecule has 1 unspecified atom stereocenters. The van der Waals surface area contributed by atoms with Crippen LogP contribution in [0.15, 0.2) is 48.7 Å². The molecule has 0 spiro atoms. The minimum absolute atomic E-state index is 0.0455. The van der Waals surface area contributed by atoms with Gasteiger partial charge in [0.2, 0.25) is 0 Å². The van der Waals surface area contributed by atoms with E-state index in [1.807, 2.05) is 18.2 Å². The molecule has 0 fully saturated rings. The maximum absolute atomic E-state index is 12.9. The number of fused-ring (bicyclic) bond motifs is 2. The first kappa shape index (κ1) is 22.5. The highest BCUT2D eigenvalue weighted by atomic mass is 32.1. The molecule has 1 aliphatic carbocycles. The van der Waals surface area contributed by atoms with Crippen molar-refractivity contribution in [2.75, 3.05) is 6.61 Å². The first-order chi connectivity index (χ1) is 16.3. The number of halogens is 3. The lowest BCUT2D eigenvalue weighted by atomic mass is 9.92. The van der Waals surface area contributed by atoms with Gasteiger partial charge in [-0.1, -0.05) is 12.1 Å². The van der Waals surface area contributed by atoms with Crippen LogP contribution < -0.4 is 4.74 Å². The standard InChI is InChI=1S/C25H21F3N2O3S/c26-25(27,28)17-6-4-14(5-7-17)24-30-23-15(2-1-3-21(23)34-24)13-33-18-8-9-19-16(10-22(31)32)12-29-20(19)11-18/h4-9,11-12,15,29H,1-3,10,13H2,(H,31,32). The van der Waals surface area contributed by atoms with Crippen LogP contribution in [0.4, 0.5) is 13.2 Å². The molecular weight excluding hydrogens is 465 g/mol. The number of aliphatic carboxylic acids is 1. The summed E-state index contributed by atoms with van der Waals surface area (Å²) >= 11 is 1.54. The molecular formula is C25H21F3N2O3S. The third kappa shape index (κ3) is 4.52. The van der Waals surface area contributed by atoms with Gasteiger partial charge in [0.15, 0.2) is 0 Å². The molecule has 1 atom stereocenters. The second-order valence-corrected chi connectivity index (χ2v) is 9.48. The largest absolute Gasteiger partial charge is 0.493 e. The molecule has 5 nitrogen and oxygen atoms in total. The van der Waals surface area contributed by atoms with Crippen LogP contribution in [0.5, 0.6) is 5.75 Å². The normalized spacial score (nSPS) is 15.9. The summed E-state index contributed by atoms with van der Waals surface area (Å²) in [5, 5.41) is 10.6. The first-order valence-electron chi connectivity index (χ1n) is 10.9. The Balaban J connectivity index is 1.31. The fourth-order valence-electron chi connectivity index (χ4n) is 4.36. The number of benzene rings is 2. The molecule has 0 amide bonds. The highest BCUT2D eigenvalue weighted by Crippen LogP contribution is 2.39. The molecule has 2 N–H and O–H groups in total. The van der Waals surface area contributed by atoms with Gasteiger partial charge >= 0.3 is 12.1 Å². The lowest BCUT2D eigenvalue weighted by molar-refractivity contribution is -0.138. The number of H-pyrrole nitrogens is 1. The summed E-state index contributed by atoms with van der Waals surface area (Å²) in [5.41, 5.74) is 2.52. The summed E-state index contributed by atoms with van der Waals surface area (Å²) in [6.07, 6.45) is 0.139. The number of hydrogen-bond donors (Lipinski definition) is 2. The number of carboxylic acids is 1. The maximum Gasteiger partial charge on any atom is 0.416 e. The van der Waals surface area contributed by atoms with Gasteiger partial charge in [-0.15, -0.1) is 11.3 Å². The molecule has 0 bridgehead atoms. The van der Waals surface area contributed by atoms with Crippen molar-refractivity contribution >= 4 is 28.2 Å². The van der Waals surface area contributed by atoms with Gasteiger partial charge in [0, 0.05) is 39.5 Å². The summed E-state index contributed by atoms with van der Waals surface area (Å²) in [6, 6.07) is 10.7. The number of nitrogens with zero attached hydrogens (tertiary/aromatic N) is 1. The van der Waals surface area contributed by atoms with Crippen molar-refractivity contribution in [3.05, 3.63) is 70.4 Å². The average molecular weight is 487 g/mol. The minimum atomic E-state index is -4.36. The van der Waals surface area contributed by atoms with Gasteiger partial charge in [-0.2, -0.15) is 13.2 Å². The molecule has 2 heterocycles. The number of rotatable bonds is 6. The third-order valence-electron chi connectivity index (χ3n) is 6.06. The van der Waals surface area contributed by atoms with Gasteiger partial charge in [-0.25, -0.2) is 4.98 Å². The molecule has 0 saturated carbocycles. The number of carboxylic acid groups (broad SMARTS) is 1. The molecule has 1 aliphatic rings. The lowest BCUT2D eigenvalue weighted by Gasteiger charge is -2.21. The number of nitrogens with one attached hydrogen (secondary N) is 1. The number of ether oxygens (including phenoxy) is 1. The van der Waals surface area contributed by atoms with Gasteiger partial charge in [-0.3, -0.25) is 4.79 Å². The third-order valence-corrected chi connectivity index (χ3v) is 7.24. The number of alkyl halides is 3. The zero-order valence-electron chi connectivity index (χ0n) is 18.0. The zero-order chi connectivity index (χ0) is 23.9.